The minimum absolute atomic E-state index is 0.0864. The fraction of sp³-hybridized carbons (Fsp3) is 0.200. The van der Waals surface area contributed by atoms with Crippen LogP contribution in [0.4, 0.5) is 13.2 Å². The number of halogens is 3. The van der Waals surface area contributed by atoms with Gasteiger partial charge in [0.1, 0.15) is 12.4 Å². The van der Waals surface area contributed by atoms with Crippen LogP contribution in [0, 0.1) is 0 Å². The summed E-state index contributed by atoms with van der Waals surface area (Å²) in [5.41, 5.74) is 2.30. The number of ether oxygens (including phenoxy) is 1. The molecule has 1 aliphatic rings. The number of rotatable bonds is 7. The highest BCUT2D eigenvalue weighted by Gasteiger charge is 2.36. The number of hydrogen-bond donors (Lipinski definition) is 1. The minimum Gasteiger partial charge on any atom is -0.490 e. The van der Waals surface area contributed by atoms with Crippen LogP contribution in [-0.2, 0) is 16.2 Å². The van der Waals surface area contributed by atoms with Gasteiger partial charge >= 0.3 is 6.18 Å². The molecule has 5 rings (SSSR count). The number of hydrogen-bond acceptors (Lipinski definition) is 5. The molecule has 0 saturated carbocycles. The van der Waals surface area contributed by atoms with Gasteiger partial charge in [0.15, 0.2) is 0 Å². The number of H-pyrrole nitrogens is 1. The standard InChI is InChI=1S/C25H21F3N4O3S/c1-2-36(33,34)32-12-9-18(32)15-35-21-14-29-11-8-19(21)23-22(24-20(31-23)7-4-10-30-24)16-5-3-6-17(13-16)25(26,27)28/h2-8,10-11,13-14,18,31H,1,9,12,15H2. The predicted octanol–water partition coefficient (Wildman–Crippen LogP) is 5.24. The first-order valence-electron chi connectivity index (χ1n) is 11.0. The monoisotopic (exact) mass is 514 g/mol. The molecule has 11 heteroatoms. The second-order valence-corrected chi connectivity index (χ2v) is 10.1. The molecule has 0 bridgehead atoms. The zero-order valence-electron chi connectivity index (χ0n) is 18.9. The molecule has 1 N–H and O–H groups in total. The van der Waals surface area contributed by atoms with Crippen LogP contribution in [-0.4, -0.2) is 46.9 Å². The quantitative estimate of drug-likeness (QED) is 0.365. The number of sulfonamides is 1. The number of fused-ring (bicyclic) bond motifs is 1. The number of pyridine rings is 2. The second-order valence-electron chi connectivity index (χ2n) is 8.30. The molecule has 0 aliphatic carbocycles. The summed E-state index contributed by atoms with van der Waals surface area (Å²) in [6.45, 7) is 3.83. The summed E-state index contributed by atoms with van der Waals surface area (Å²) in [6.07, 6.45) is 0.756. The Labute approximate surface area is 205 Å². The summed E-state index contributed by atoms with van der Waals surface area (Å²) in [5.74, 6) is 0.361. The van der Waals surface area contributed by atoms with E-state index >= 15 is 0 Å². The van der Waals surface area contributed by atoms with E-state index in [0.717, 1.165) is 17.5 Å². The fourth-order valence-corrected chi connectivity index (χ4v) is 5.39. The molecule has 7 nitrogen and oxygen atoms in total. The Morgan fingerprint density at radius 3 is 2.75 bits per heavy atom. The van der Waals surface area contributed by atoms with E-state index in [1.807, 2.05) is 0 Å². The van der Waals surface area contributed by atoms with Gasteiger partial charge in [-0.1, -0.05) is 18.7 Å². The number of nitrogens with one attached hydrogen (secondary N) is 1. The smallest absolute Gasteiger partial charge is 0.416 e. The molecular formula is C25H21F3N4O3S. The number of aromatic nitrogens is 3. The molecule has 1 unspecified atom stereocenters. The van der Waals surface area contributed by atoms with Crippen LogP contribution in [0.15, 0.2) is 73.0 Å². The Morgan fingerprint density at radius 1 is 1.19 bits per heavy atom. The molecule has 0 spiro atoms. The molecule has 1 aromatic carbocycles. The van der Waals surface area contributed by atoms with Crippen molar-refractivity contribution in [3.8, 4) is 28.1 Å². The Hall–Kier alpha value is -3.70. The Kier molecular flexibility index (Phi) is 6.05. The molecule has 1 aliphatic heterocycles. The van der Waals surface area contributed by atoms with Crippen molar-refractivity contribution >= 4 is 21.1 Å². The van der Waals surface area contributed by atoms with Crippen molar-refractivity contribution in [3.63, 3.8) is 0 Å². The van der Waals surface area contributed by atoms with Crippen molar-refractivity contribution in [3.05, 3.63) is 78.6 Å². The first-order chi connectivity index (χ1) is 17.2. The molecular weight excluding hydrogens is 493 g/mol. The van der Waals surface area contributed by atoms with Crippen LogP contribution in [0.2, 0.25) is 0 Å². The van der Waals surface area contributed by atoms with E-state index in [4.69, 9.17) is 4.74 Å². The van der Waals surface area contributed by atoms with E-state index in [0.29, 0.717) is 52.1 Å². The van der Waals surface area contributed by atoms with Gasteiger partial charge in [0, 0.05) is 35.5 Å². The van der Waals surface area contributed by atoms with Gasteiger partial charge in [0.05, 0.1) is 34.5 Å². The van der Waals surface area contributed by atoms with Gasteiger partial charge in [-0.05, 0) is 42.3 Å². The summed E-state index contributed by atoms with van der Waals surface area (Å²) in [5, 5.41) is 0.910. The van der Waals surface area contributed by atoms with Crippen molar-refractivity contribution in [2.24, 2.45) is 0 Å². The van der Waals surface area contributed by atoms with E-state index in [2.05, 4.69) is 21.5 Å². The number of aromatic amines is 1. The zero-order valence-corrected chi connectivity index (χ0v) is 19.7. The van der Waals surface area contributed by atoms with Crippen LogP contribution in [0.25, 0.3) is 33.4 Å². The maximum absolute atomic E-state index is 13.5. The lowest BCUT2D eigenvalue weighted by Crippen LogP contribution is -2.53. The highest BCUT2D eigenvalue weighted by molar-refractivity contribution is 7.92. The normalized spacial score (nSPS) is 16.6. The Morgan fingerprint density at radius 2 is 2.03 bits per heavy atom. The topological polar surface area (TPSA) is 88.2 Å². The zero-order chi connectivity index (χ0) is 25.5. The summed E-state index contributed by atoms with van der Waals surface area (Å²) < 4.78 is 72.0. The fourth-order valence-electron chi connectivity index (χ4n) is 4.26. The number of alkyl halides is 3. The van der Waals surface area contributed by atoms with Crippen LogP contribution in [0.5, 0.6) is 5.75 Å². The molecule has 4 aromatic rings. The van der Waals surface area contributed by atoms with Crippen LogP contribution < -0.4 is 4.74 Å². The van der Waals surface area contributed by atoms with Gasteiger partial charge in [-0.2, -0.15) is 17.5 Å². The van der Waals surface area contributed by atoms with Crippen molar-refractivity contribution < 1.29 is 26.3 Å². The van der Waals surface area contributed by atoms with E-state index in [1.54, 1.807) is 36.7 Å². The average molecular weight is 515 g/mol. The van der Waals surface area contributed by atoms with E-state index < -0.39 is 21.8 Å². The third-order valence-corrected chi connectivity index (χ3v) is 7.70. The number of benzene rings is 1. The first-order valence-corrected chi connectivity index (χ1v) is 12.5. The Bertz CT molecular complexity index is 1550. The third-order valence-electron chi connectivity index (χ3n) is 6.15. The highest BCUT2D eigenvalue weighted by Crippen LogP contribution is 2.42. The predicted molar refractivity (Wildman–Crippen MR) is 129 cm³/mol. The Balaban J connectivity index is 1.56. The van der Waals surface area contributed by atoms with E-state index in [1.165, 1.54) is 16.6 Å². The molecule has 1 atom stereocenters. The molecule has 1 saturated heterocycles. The lowest BCUT2D eigenvalue weighted by molar-refractivity contribution is -0.137. The van der Waals surface area contributed by atoms with Crippen molar-refractivity contribution in [1.29, 1.82) is 0 Å². The second kappa shape index (κ2) is 9.07. The average Bonchev–Trinajstić information content (AvgIpc) is 3.22. The summed E-state index contributed by atoms with van der Waals surface area (Å²) >= 11 is 0. The maximum Gasteiger partial charge on any atom is 0.416 e. The van der Waals surface area contributed by atoms with Gasteiger partial charge in [-0.15, -0.1) is 0 Å². The SMILES string of the molecule is C=CS(=O)(=O)N1CCC1COc1cnccc1-c1[nH]c2cccnc2c1-c1cccc(C(F)(F)F)c1. The van der Waals surface area contributed by atoms with Crippen LogP contribution in [0.3, 0.4) is 0 Å². The van der Waals surface area contributed by atoms with Gasteiger partial charge in [0.25, 0.3) is 0 Å². The lowest BCUT2D eigenvalue weighted by Gasteiger charge is -2.38. The van der Waals surface area contributed by atoms with Crippen LogP contribution >= 0.6 is 0 Å². The van der Waals surface area contributed by atoms with Gasteiger partial charge in [-0.3, -0.25) is 9.97 Å². The largest absolute Gasteiger partial charge is 0.490 e. The van der Waals surface area contributed by atoms with Gasteiger partial charge in [-0.25, -0.2) is 8.42 Å². The van der Waals surface area contributed by atoms with E-state index in [9.17, 15) is 21.6 Å². The summed E-state index contributed by atoms with van der Waals surface area (Å²) in [7, 11) is -3.56. The minimum atomic E-state index is -4.50. The molecule has 1 fully saturated rings. The van der Waals surface area contributed by atoms with Crippen LogP contribution in [0.1, 0.15) is 12.0 Å². The first kappa shape index (κ1) is 24.0. The van der Waals surface area contributed by atoms with Gasteiger partial charge in [0.2, 0.25) is 10.0 Å². The van der Waals surface area contributed by atoms with Crippen molar-refractivity contribution in [2.45, 2.75) is 18.6 Å². The summed E-state index contributed by atoms with van der Waals surface area (Å²) in [6, 6.07) is 9.93. The maximum atomic E-state index is 13.5. The molecule has 186 valence electrons. The molecule has 4 heterocycles. The molecule has 0 amide bonds. The van der Waals surface area contributed by atoms with Crippen molar-refractivity contribution in [1.82, 2.24) is 19.3 Å². The highest BCUT2D eigenvalue weighted by atomic mass is 32.2. The lowest BCUT2D eigenvalue weighted by atomic mass is 9.98. The third kappa shape index (κ3) is 4.35. The van der Waals surface area contributed by atoms with E-state index in [-0.39, 0.29) is 12.6 Å². The van der Waals surface area contributed by atoms with Crippen molar-refractivity contribution in [2.75, 3.05) is 13.2 Å². The molecule has 36 heavy (non-hydrogen) atoms. The molecule has 3 aromatic heterocycles. The van der Waals surface area contributed by atoms with Gasteiger partial charge < -0.3 is 9.72 Å². The molecule has 0 radical (unpaired) electrons. The number of nitrogens with zero attached hydrogens (tertiary/aromatic N) is 3. The summed E-state index contributed by atoms with van der Waals surface area (Å²) in [4.78, 5) is 11.8.